The van der Waals surface area contributed by atoms with Gasteiger partial charge < -0.3 is 14.8 Å². The van der Waals surface area contributed by atoms with E-state index in [0.29, 0.717) is 24.6 Å². The molecule has 6 nitrogen and oxygen atoms in total. The largest absolute Gasteiger partial charge is 0.493 e. The third kappa shape index (κ3) is 5.72. The molecule has 1 N–H and O–H groups in total. The van der Waals surface area contributed by atoms with Gasteiger partial charge in [-0.2, -0.15) is 5.10 Å². The predicted molar refractivity (Wildman–Crippen MR) is 113 cm³/mol. The Morgan fingerprint density at radius 2 is 1.97 bits per heavy atom. The minimum atomic E-state index is -0.196. The van der Waals surface area contributed by atoms with E-state index in [2.05, 4.69) is 10.4 Å². The van der Waals surface area contributed by atoms with Gasteiger partial charge in [-0.05, 0) is 41.8 Å². The zero-order valence-electron chi connectivity index (χ0n) is 16.7. The number of rotatable bonds is 9. The van der Waals surface area contributed by atoms with E-state index in [1.54, 1.807) is 19.4 Å². The molecule has 0 bridgehead atoms. The van der Waals surface area contributed by atoms with Gasteiger partial charge in [0.1, 0.15) is 0 Å². The maximum atomic E-state index is 12.3. The molecule has 1 amide bonds. The van der Waals surface area contributed by atoms with Crippen LogP contribution in [0.25, 0.3) is 6.08 Å². The molecule has 0 aliphatic heterocycles. The summed E-state index contributed by atoms with van der Waals surface area (Å²) in [7, 11) is 1.58. The average Bonchev–Trinajstić information content (AvgIpc) is 3.25. The van der Waals surface area contributed by atoms with Crippen molar-refractivity contribution in [3.05, 3.63) is 83.7 Å². The van der Waals surface area contributed by atoms with E-state index >= 15 is 0 Å². The van der Waals surface area contributed by atoms with E-state index in [1.165, 1.54) is 0 Å². The number of benzene rings is 2. The molecular formula is C23H25N3O3. The number of nitrogens with zero attached hydrogens (tertiary/aromatic N) is 2. The van der Waals surface area contributed by atoms with Gasteiger partial charge in [-0.1, -0.05) is 42.5 Å². The van der Waals surface area contributed by atoms with E-state index in [9.17, 15) is 4.79 Å². The Hall–Kier alpha value is -3.54. The van der Waals surface area contributed by atoms with Gasteiger partial charge in [-0.25, -0.2) is 0 Å². The number of hydrogen-bond donors (Lipinski definition) is 1. The van der Waals surface area contributed by atoms with Crippen LogP contribution in [-0.4, -0.2) is 29.4 Å². The summed E-state index contributed by atoms with van der Waals surface area (Å²) in [6.07, 6.45) is 7.59. The number of carbonyl (C=O) groups excluding carboxylic acids is 1. The fourth-order valence-corrected chi connectivity index (χ4v) is 2.94. The van der Waals surface area contributed by atoms with Crippen molar-refractivity contribution in [1.82, 2.24) is 15.1 Å². The highest BCUT2D eigenvalue weighted by molar-refractivity contribution is 5.77. The van der Waals surface area contributed by atoms with Crippen LogP contribution < -0.4 is 14.8 Å². The van der Waals surface area contributed by atoms with Crippen LogP contribution in [0.15, 0.2) is 67.0 Å². The first-order valence-electron chi connectivity index (χ1n) is 9.44. The molecule has 2 aromatic carbocycles. The van der Waals surface area contributed by atoms with Gasteiger partial charge in [-0.15, -0.1) is 0 Å². The molecule has 0 atom stereocenters. The van der Waals surface area contributed by atoms with Crippen LogP contribution in [0, 0.1) is 0 Å². The lowest BCUT2D eigenvalue weighted by Gasteiger charge is -2.13. The molecule has 1 heterocycles. The van der Waals surface area contributed by atoms with Crippen LogP contribution in [0.5, 0.6) is 11.5 Å². The fourth-order valence-electron chi connectivity index (χ4n) is 2.94. The van der Waals surface area contributed by atoms with Crippen LogP contribution in [0.1, 0.15) is 23.6 Å². The summed E-state index contributed by atoms with van der Waals surface area (Å²) in [5, 5.41) is 7.15. The number of allylic oxidation sites excluding steroid dienone is 1. The minimum Gasteiger partial charge on any atom is -0.493 e. The highest BCUT2D eigenvalue weighted by Gasteiger charge is 2.09. The smallest absolute Gasteiger partial charge is 0.258 e. The Morgan fingerprint density at radius 1 is 1.14 bits per heavy atom. The summed E-state index contributed by atoms with van der Waals surface area (Å²) in [6, 6.07) is 15.5. The van der Waals surface area contributed by atoms with Gasteiger partial charge >= 0.3 is 0 Å². The maximum Gasteiger partial charge on any atom is 0.258 e. The highest BCUT2D eigenvalue weighted by atomic mass is 16.5. The number of carbonyl (C=O) groups is 1. The van der Waals surface area contributed by atoms with Crippen molar-refractivity contribution in [2.45, 2.75) is 20.0 Å². The number of methoxy groups -OCH3 is 1. The van der Waals surface area contributed by atoms with Crippen LogP contribution in [-0.2, 0) is 17.9 Å². The molecule has 0 unspecified atom stereocenters. The Bertz CT molecular complexity index is 965. The second kappa shape index (κ2) is 10.1. The van der Waals surface area contributed by atoms with Gasteiger partial charge in [0.05, 0.1) is 13.7 Å². The normalized spacial score (nSPS) is 10.8. The lowest BCUT2D eigenvalue weighted by atomic mass is 10.1. The monoisotopic (exact) mass is 391 g/mol. The molecule has 0 radical (unpaired) electrons. The first kappa shape index (κ1) is 20.2. The Kier molecular flexibility index (Phi) is 7.05. The van der Waals surface area contributed by atoms with E-state index in [0.717, 1.165) is 16.7 Å². The molecule has 3 rings (SSSR count). The molecule has 0 spiro atoms. The summed E-state index contributed by atoms with van der Waals surface area (Å²) >= 11 is 0. The molecule has 0 fully saturated rings. The van der Waals surface area contributed by atoms with Crippen molar-refractivity contribution >= 4 is 12.0 Å². The van der Waals surface area contributed by atoms with Gasteiger partial charge in [0.2, 0.25) is 0 Å². The van der Waals surface area contributed by atoms with Crippen LogP contribution in [0.4, 0.5) is 0 Å². The highest BCUT2D eigenvalue weighted by Crippen LogP contribution is 2.28. The zero-order chi connectivity index (χ0) is 20.5. The van der Waals surface area contributed by atoms with Crippen LogP contribution >= 0.6 is 0 Å². The number of amides is 1. The molecule has 0 saturated carbocycles. The maximum absolute atomic E-state index is 12.3. The molecule has 1 aromatic heterocycles. The topological polar surface area (TPSA) is 65.4 Å². The lowest BCUT2D eigenvalue weighted by Crippen LogP contribution is -2.29. The molecule has 3 aromatic rings. The van der Waals surface area contributed by atoms with Crippen molar-refractivity contribution in [3.8, 4) is 11.5 Å². The summed E-state index contributed by atoms with van der Waals surface area (Å²) < 4.78 is 12.9. The molecule has 6 heteroatoms. The van der Waals surface area contributed by atoms with Crippen molar-refractivity contribution in [2.24, 2.45) is 0 Å². The number of ether oxygens (including phenoxy) is 2. The Balaban J connectivity index is 1.56. The van der Waals surface area contributed by atoms with Gasteiger partial charge in [-0.3, -0.25) is 9.48 Å². The van der Waals surface area contributed by atoms with Crippen molar-refractivity contribution in [1.29, 1.82) is 0 Å². The van der Waals surface area contributed by atoms with Gasteiger partial charge in [0.15, 0.2) is 18.1 Å². The minimum absolute atomic E-state index is 0.0827. The number of aromatic nitrogens is 2. The summed E-state index contributed by atoms with van der Waals surface area (Å²) in [4.78, 5) is 12.3. The first-order valence-corrected chi connectivity index (χ1v) is 9.44. The summed E-state index contributed by atoms with van der Waals surface area (Å²) in [5.41, 5.74) is 3.17. The van der Waals surface area contributed by atoms with Crippen molar-refractivity contribution < 1.29 is 14.3 Å². The molecule has 0 aliphatic rings. The van der Waals surface area contributed by atoms with Crippen LogP contribution in [0.3, 0.4) is 0 Å². The third-order valence-electron chi connectivity index (χ3n) is 4.39. The number of hydrogen-bond acceptors (Lipinski definition) is 4. The molecular weight excluding hydrogens is 366 g/mol. The van der Waals surface area contributed by atoms with Crippen molar-refractivity contribution in [2.75, 3.05) is 13.7 Å². The Labute approximate surface area is 170 Å². The van der Waals surface area contributed by atoms with Gasteiger partial charge in [0, 0.05) is 18.9 Å². The SMILES string of the molecule is C/C=C/c1ccc(OCC(=O)NCc2ccccc2Cn2cccn2)c(OC)c1. The average molecular weight is 391 g/mol. The first-order chi connectivity index (χ1) is 14.2. The van der Waals surface area contributed by atoms with Crippen molar-refractivity contribution in [3.63, 3.8) is 0 Å². The zero-order valence-corrected chi connectivity index (χ0v) is 16.7. The van der Waals surface area contributed by atoms with E-state index in [-0.39, 0.29) is 12.5 Å². The van der Waals surface area contributed by atoms with Gasteiger partial charge in [0.25, 0.3) is 5.91 Å². The molecule has 0 aliphatic carbocycles. The standard InChI is InChI=1S/C23H25N3O3/c1-3-7-18-10-11-21(22(14-18)28-2)29-17-23(27)24-15-19-8-4-5-9-20(19)16-26-13-6-12-25-26/h3-14H,15-17H2,1-2H3,(H,24,27)/b7-3+. The molecule has 150 valence electrons. The predicted octanol–water partition coefficient (Wildman–Crippen LogP) is 3.67. The quantitative estimate of drug-likeness (QED) is 0.604. The summed E-state index contributed by atoms with van der Waals surface area (Å²) in [6.45, 7) is 2.96. The fraction of sp³-hybridized carbons (Fsp3) is 0.217. The lowest BCUT2D eigenvalue weighted by molar-refractivity contribution is -0.123. The second-order valence-corrected chi connectivity index (χ2v) is 6.45. The van der Waals surface area contributed by atoms with E-state index < -0.39 is 0 Å². The Morgan fingerprint density at radius 3 is 2.69 bits per heavy atom. The van der Waals surface area contributed by atoms with E-state index in [4.69, 9.17) is 9.47 Å². The molecule has 0 saturated heterocycles. The number of nitrogens with one attached hydrogen (secondary N) is 1. The van der Waals surface area contributed by atoms with Crippen LogP contribution in [0.2, 0.25) is 0 Å². The third-order valence-corrected chi connectivity index (χ3v) is 4.39. The second-order valence-electron chi connectivity index (χ2n) is 6.45. The summed E-state index contributed by atoms with van der Waals surface area (Å²) in [5.74, 6) is 0.937. The van der Waals surface area contributed by atoms with E-state index in [1.807, 2.05) is 72.4 Å². The molecule has 29 heavy (non-hydrogen) atoms.